The molecule has 2 heterocycles. The number of aromatic nitrogens is 2. The van der Waals surface area contributed by atoms with Gasteiger partial charge in [0.15, 0.2) is 0 Å². The lowest BCUT2D eigenvalue weighted by molar-refractivity contribution is 0.0690. The SMILES string of the molecule is Cc1ccc(-c2ccc(C(=O)O)nc2)cn1. The molecule has 4 heteroatoms. The zero-order chi connectivity index (χ0) is 11.5. The highest BCUT2D eigenvalue weighted by Crippen LogP contribution is 2.17. The van der Waals surface area contributed by atoms with E-state index in [9.17, 15) is 4.79 Å². The molecule has 0 saturated carbocycles. The Kier molecular flexibility index (Phi) is 2.64. The highest BCUT2D eigenvalue weighted by molar-refractivity contribution is 5.85. The molecule has 16 heavy (non-hydrogen) atoms. The van der Waals surface area contributed by atoms with E-state index in [-0.39, 0.29) is 5.69 Å². The van der Waals surface area contributed by atoms with Crippen LogP contribution in [0.15, 0.2) is 36.7 Å². The molecular weight excluding hydrogens is 204 g/mol. The molecule has 1 N–H and O–H groups in total. The van der Waals surface area contributed by atoms with Gasteiger partial charge >= 0.3 is 5.97 Å². The average molecular weight is 214 g/mol. The van der Waals surface area contributed by atoms with Gasteiger partial charge in [0.25, 0.3) is 0 Å². The number of hydrogen-bond donors (Lipinski definition) is 1. The van der Waals surface area contributed by atoms with Crippen molar-refractivity contribution in [3.8, 4) is 11.1 Å². The number of carboxylic acids is 1. The van der Waals surface area contributed by atoms with Crippen LogP contribution in [0.3, 0.4) is 0 Å². The van der Waals surface area contributed by atoms with E-state index in [1.807, 2.05) is 19.1 Å². The number of hydrogen-bond acceptors (Lipinski definition) is 3. The zero-order valence-corrected chi connectivity index (χ0v) is 8.71. The zero-order valence-electron chi connectivity index (χ0n) is 8.71. The third-order valence-electron chi connectivity index (χ3n) is 2.23. The number of carbonyl (C=O) groups is 1. The fourth-order valence-electron chi connectivity index (χ4n) is 1.33. The Labute approximate surface area is 92.6 Å². The standard InChI is InChI=1S/C12H10N2O2/c1-8-2-3-9(6-13-8)10-4-5-11(12(15)16)14-7-10/h2-7H,1H3,(H,15,16). The Balaban J connectivity index is 2.34. The highest BCUT2D eigenvalue weighted by atomic mass is 16.4. The first-order valence-corrected chi connectivity index (χ1v) is 4.79. The number of nitrogens with zero attached hydrogens (tertiary/aromatic N) is 2. The molecule has 0 aliphatic carbocycles. The van der Waals surface area contributed by atoms with Crippen LogP contribution in [0.4, 0.5) is 0 Å². The predicted octanol–water partition coefficient (Wildman–Crippen LogP) is 2.15. The monoisotopic (exact) mass is 214 g/mol. The van der Waals surface area contributed by atoms with E-state index in [0.29, 0.717) is 0 Å². The van der Waals surface area contributed by atoms with Gasteiger partial charge in [0.1, 0.15) is 5.69 Å². The summed E-state index contributed by atoms with van der Waals surface area (Å²) in [5.74, 6) is -1.02. The molecular formula is C12H10N2O2. The van der Waals surface area contributed by atoms with Crippen molar-refractivity contribution in [2.24, 2.45) is 0 Å². The molecule has 0 aliphatic rings. The molecule has 0 fully saturated rings. The van der Waals surface area contributed by atoms with Crippen molar-refractivity contribution in [1.82, 2.24) is 9.97 Å². The van der Waals surface area contributed by atoms with Crippen LogP contribution in [-0.4, -0.2) is 21.0 Å². The van der Waals surface area contributed by atoms with E-state index in [4.69, 9.17) is 5.11 Å². The third kappa shape index (κ3) is 2.06. The van der Waals surface area contributed by atoms with Crippen LogP contribution in [-0.2, 0) is 0 Å². The summed E-state index contributed by atoms with van der Waals surface area (Å²) >= 11 is 0. The van der Waals surface area contributed by atoms with Gasteiger partial charge in [-0.1, -0.05) is 12.1 Å². The van der Waals surface area contributed by atoms with Gasteiger partial charge in [-0.05, 0) is 19.1 Å². The number of carboxylic acid groups (broad SMARTS) is 1. The average Bonchev–Trinajstić information content (AvgIpc) is 2.30. The van der Waals surface area contributed by atoms with E-state index in [1.165, 1.54) is 12.3 Å². The van der Waals surface area contributed by atoms with Gasteiger partial charge in [-0.2, -0.15) is 0 Å². The fourth-order valence-corrected chi connectivity index (χ4v) is 1.33. The molecule has 0 saturated heterocycles. The van der Waals surface area contributed by atoms with E-state index >= 15 is 0 Å². The smallest absolute Gasteiger partial charge is 0.354 e. The number of rotatable bonds is 2. The van der Waals surface area contributed by atoms with Gasteiger partial charge < -0.3 is 5.11 Å². The van der Waals surface area contributed by atoms with Crippen LogP contribution in [0.2, 0.25) is 0 Å². The first-order valence-electron chi connectivity index (χ1n) is 4.79. The Hall–Kier alpha value is -2.23. The minimum Gasteiger partial charge on any atom is -0.477 e. The van der Waals surface area contributed by atoms with E-state index in [1.54, 1.807) is 12.3 Å². The van der Waals surface area contributed by atoms with Gasteiger partial charge in [-0.25, -0.2) is 9.78 Å². The molecule has 0 radical (unpaired) electrons. The van der Waals surface area contributed by atoms with Crippen molar-refractivity contribution in [2.75, 3.05) is 0 Å². The van der Waals surface area contributed by atoms with Gasteiger partial charge in [0.05, 0.1) is 0 Å². The van der Waals surface area contributed by atoms with Crippen molar-refractivity contribution in [3.05, 3.63) is 48.0 Å². The Bertz CT molecular complexity index is 504. The van der Waals surface area contributed by atoms with Gasteiger partial charge in [-0.3, -0.25) is 4.98 Å². The van der Waals surface area contributed by atoms with Crippen molar-refractivity contribution >= 4 is 5.97 Å². The molecule has 0 bridgehead atoms. The predicted molar refractivity (Wildman–Crippen MR) is 59.2 cm³/mol. The summed E-state index contributed by atoms with van der Waals surface area (Å²) in [5.41, 5.74) is 2.77. The van der Waals surface area contributed by atoms with Crippen LogP contribution in [0.5, 0.6) is 0 Å². The molecule has 0 atom stereocenters. The molecule has 0 aliphatic heterocycles. The molecule has 4 nitrogen and oxygen atoms in total. The quantitative estimate of drug-likeness (QED) is 0.831. The molecule has 80 valence electrons. The lowest BCUT2D eigenvalue weighted by atomic mass is 10.1. The minimum absolute atomic E-state index is 0.0452. The maximum Gasteiger partial charge on any atom is 0.354 e. The highest BCUT2D eigenvalue weighted by Gasteiger charge is 2.04. The van der Waals surface area contributed by atoms with Crippen LogP contribution >= 0.6 is 0 Å². The van der Waals surface area contributed by atoms with Crippen LogP contribution in [0.25, 0.3) is 11.1 Å². The Morgan fingerprint density at radius 3 is 2.12 bits per heavy atom. The van der Waals surface area contributed by atoms with Crippen molar-refractivity contribution < 1.29 is 9.90 Å². The normalized spacial score (nSPS) is 10.1. The van der Waals surface area contributed by atoms with E-state index in [2.05, 4.69) is 9.97 Å². The Morgan fingerprint density at radius 2 is 1.69 bits per heavy atom. The third-order valence-corrected chi connectivity index (χ3v) is 2.23. The van der Waals surface area contributed by atoms with E-state index in [0.717, 1.165) is 16.8 Å². The molecule has 0 amide bonds. The summed E-state index contributed by atoms with van der Waals surface area (Å²) < 4.78 is 0. The number of pyridine rings is 2. The second-order valence-electron chi connectivity index (χ2n) is 3.43. The summed E-state index contributed by atoms with van der Waals surface area (Å²) in [6.45, 7) is 1.91. The first-order chi connectivity index (χ1) is 7.66. The number of aromatic carboxylic acids is 1. The molecule has 2 aromatic heterocycles. The fraction of sp³-hybridized carbons (Fsp3) is 0.0833. The second-order valence-corrected chi connectivity index (χ2v) is 3.43. The second kappa shape index (κ2) is 4.10. The maximum absolute atomic E-state index is 10.6. The van der Waals surface area contributed by atoms with Crippen LogP contribution in [0, 0.1) is 6.92 Å². The summed E-state index contributed by atoms with van der Waals surface area (Å²) in [4.78, 5) is 18.6. The molecule has 0 spiro atoms. The number of aryl methyl sites for hydroxylation is 1. The first kappa shape index (κ1) is 10.3. The van der Waals surface area contributed by atoms with E-state index < -0.39 is 5.97 Å². The lowest BCUT2D eigenvalue weighted by Gasteiger charge is -2.01. The summed E-state index contributed by atoms with van der Waals surface area (Å²) in [6.07, 6.45) is 3.28. The van der Waals surface area contributed by atoms with Gasteiger partial charge in [-0.15, -0.1) is 0 Å². The maximum atomic E-state index is 10.6. The molecule has 0 unspecified atom stereocenters. The minimum atomic E-state index is -1.02. The lowest BCUT2D eigenvalue weighted by Crippen LogP contribution is -1.99. The van der Waals surface area contributed by atoms with Crippen molar-refractivity contribution in [1.29, 1.82) is 0 Å². The van der Waals surface area contributed by atoms with Crippen LogP contribution < -0.4 is 0 Å². The molecule has 2 rings (SSSR count). The van der Waals surface area contributed by atoms with Crippen molar-refractivity contribution in [3.63, 3.8) is 0 Å². The van der Waals surface area contributed by atoms with Gasteiger partial charge in [0, 0.05) is 29.2 Å². The van der Waals surface area contributed by atoms with Gasteiger partial charge in [0.2, 0.25) is 0 Å². The summed E-state index contributed by atoms with van der Waals surface area (Å²) in [5, 5.41) is 8.71. The topological polar surface area (TPSA) is 63.1 Å². The molecule has 0 aromatic carbocycles. The summed E-state index contributed by atoms with van der Waals surface area (Å²) in [7, 11) is 0. The van der Waals surface area contributed by atoms with Crippen LogP contribution in [0.1, 0.15) is 16.2 Å². The Morgan fingerprint density at radius 1 is 1.06 bits per heavy atom. The summed E-state index contributed by atoms with van der Waals surface area (Å²) in [6, 6.07) is 7.04. The molecule has 2 aromatic rings. The van der Waals surface area contributed by atoms with Crippen molar-refractivity contribution in [2.45, 2.75) is 6.92 Å². The largest absolute Gasteiger partial charge is 0.477 e.